The minimum atomic E-state index is -3.77. The second-order valence-corrected chi connectivity index (χ2v) is 10.5. The first-order valence-corrected chi connectivity index (χ1v) is 12.3. The van der Waals surface area contributed by atoms with Gasteiger partial charge in [0.05, 0.1) is 23.3 Å². The van der Waals surface area contributed by atoms with Gasteiger partial charge in [0.25, 0.3) is 0 Å². The number of hydrogen-bond donors (Lipinski definition) is 1. The maximum absolute atomic E-state index is 12.9. The van der Waals surface area contributed by atoms with Crippen molar-refractivity contribution >= 4 is 33.4 Å². The van der Waals surface area contributed by atoms with Crippen LogP contribution in [0.15, 0.2) is 47.4 Å². The van der Waals surface area contributed by atoms with Crippen LogP contribution in [0.4, 0.5) is 0 Å². The van der Waals surface area contributed by atoms with Crippen molar-refractivity contribution in [2.75, 3.05) is 0 Å². The SMILES string of the molecule is Cc1ccc(CN2C(=O)C3CCCCC3C2=O)cc1S(=O)(=O)NCc1ccc(Cl)cc1. The summed E-state index contributed by atoms with van der Waals surface area (Å²) < 4.78 is 28.5. The van der Waals surface area contributed by atoms with E-state index in [9.17, 15) is 18.0 Å². The molecule has 2 unspecified atom stereocenters. The summed E-state index contributed by atoms with van der Waals surface area (Å²) in [6.45, 7) is 1.96. The monoisotopic (exact) mass is 460 g/mol. The van der Waals surface area contributed by atoms with E-state index in [1.165, 1.54) is 4.90 Å². The summed E-state index contributed by atoms with van der Waals surface area (Å²) in [4.78, 5) is 27.0. The number of likely N-dealkylation sites (tertiary alicyclic amines) is 1. The number of hydrogen-bond acceptors (Lipinski definition) is 4. The molecule has 2 aromatic rings. The predicted molar refractivity (Wildman–Crippen MR) is 118 cm³/mol. The average Bonchev–Trinajstić information content (AvgIpc) is 2.99. The molecule has 1 aliphatic carbocycles. The van der Waals surface area contributed by atoms with Crippen LogP contribution in [0.3, 0.4) is 0 Å². The maximum atomic E-state index is 12.9. The fraction of sp³-hybridized carbons (Fsp3) is 0.391. The van der Waals surface area contributed by atoms with E-state index in [0.29, 0.717) is 16.1 Å². The zero-order valence-corrected chi connectivity index (χ0v) is 18.9. The van der Waals surface area contributed by atoms with Gasteiger partial charge in [-0.1, -0.05) is 48.7 Å². The van der Waals surface area contributed by atoms with E-state index in [-0.39, 0.29) is 41.6 Å². The molecule has 1 heterocycles. The van der Waals surface area contributed by atoms with Crippen molar-refractivity contribution < 1.29 is 18.0 Å². The molecule has 6 nitrogen and oxygen atoms in total. The van der Waals surface area contributed by atoms with Crippen molar-refractivity contribution in [3.63, 3.8) is 0 Å². The third kappa shape index (κ3) is 4.54. The largest absolute Gasteiger partial charge is 0.278 e. The van der Waals surface area contributed by atoms with Gasteiger partial charge in [0, 0.05) is 11.6 Å². The molecule has 2 aliphatic rings. The Morgan fingerprint density at radius 3 is 2.16 bits per heavy atom. The van der Waals surface area contributed by atoms with E-state index in [1.807, 2.05) is 0 Å². The van der Waals surface area contributed by atoms with E-state index in [0.717, 1.165) is 31.2 Å². The normalized spacial score (nSPS) is 21.4. The lowest BCUT2D eigenvalue weighted by Gasteiger charge is -2.19. The Kier molecular flexibility index (Phi) is 6.19. The van der Waals surface area contributed by atoms with E-state index in [1.54, 1.807) is 49.4 Å². The molecule has 8 heteroatoms. The number of fused-ring (bicyclic) bond motifs is 1. The van der Waals surface area contributed by atoms with E-state index in [4.69, 9.17) is 11.6 Å². The van der Waals surface area contributed by atoms with Crippen LogP contribution in [0.25, 0.3) is 0 Å². The van der Waals surface area contributed by atoms with Crippen molar-refractivity contribution in [3.05, 3.63) is 64.2 Å². The van der Waals surface area contributed by atoms with Crippen LogP contribution in [0.5, 0.6) is 0 Å². The average molecular weight is 461 g/mol. The molecule has 0 bridgehead atoms. The number of nitrogens with one attached hydrogen (secondary N) is 1. The molecule has 4 rings (SSSR count). The Balaban J connectivity index is 1.52. The summed E-state index contributed by atoms with van der Waals surface area (Å²) >= 11 is 5.88. The lowest BCUT2D eigenvalue weighted by molar-refractivity contribution is -0.140. The molecule has 1 aliphatic heterocycles. The summed E-state index contributed by atoms with van der Waals surface area (Å²) in [5, 5.41) is 0.584. The van der Waals surface area contributed by atoms with Gasteiger partial charge in [-0.2, -0.15) is 0 Å². The van der Waals surface area contributed by atoms with Crippen molar-refractivity contribution in [2.45, 2.75) is 50.6 Å². The minimum Gasteiger partial charge on any atom is -0.278 e. The smallest absolute Gasteiger partial charge is 0.241 e. The van der Waals surface area contributed by atoms with Gasteiger partial charge in [0.15, 0.2) is 0 Å². The Bertz CT molecular complexity index is 1090. The first kappa shape index (κ1) is 22.0. The van der Waals surface area contributed by atoms with Gasteiger partial charge in [-0.15, -0.1) is 0 Å². The van der Waals surface area contributed by atoms with E-state index >= 15 is 0 Å². The molecule has 31 heavy (non-hydrogen) atoms. The Morgan fingerprint density at radius 2 is 1.55 bits per heavy atom. The Hall–Kier alpha value is -2.22. The number of sulfonamides is 1. The van der Waals surface area contributed by atoms with E-state index in [2.05, 4.69) is 4.72 Å². The molecular formula is C23H25ClN2O4S. The molecular weight excluding hydrogens is 436 g/mol. The highest BCUT2D eigenvalue weighted by molar-refractivity contribution is 7.89. The van der Waals surface area contributed by atoms with Crippen LogP contribution in [0, 0.1) is 18.8 Å². The number of carbonyl (C=O) groups is 2. The standard InChI is InChI=1S/C23H25ClN2O4S/c1-15-6-7-17(14-26-22(27)19-4-2-3-5-20(19)23(26)28)12-21(15)31(29,30)25-13-16-8-10-18(24)11-9-16/h6-12,19-20,25H,2-5,13-14H2,1H3. The van der Waals surface area contributed by atoms with Gasteiger partial charge >= 0.3 is 0 Å². The second kappa shape index (κ2) is 8.73. The lowest BCUT2D eigenvalue weighted by atomic mass is 9.81. The fourth-order valence-electron chi connectivity index (χ4n) is 4.46. The summed E-state index contributed by atoms with van der Waals surface area (Å²) in [5.41, 5.74) is 2.01. The van der Waals surface area contributed by atoms with Crippen molar-refractivity contribution in [2.24, 2.45) is 11.8 Å². The van der Waals surface area contributed by atoms with Gasteiger partial charge < -0.3 is 0 Å². The quantitative estimate of drug-likeness (QED) is 0.664. The van der Waals surface area contributed by atoms with Crippen LogP contribution in [-0.2, 0) is 32.7 Å². The number of aryl methyl sites for hydroxylation is 1. The number of rotatable bonds is 6. The molecule has 2 atom stereocenters. The highest BCUT2D eigenvalue weighted by atomic mass is 35.5. The number of benzene rings is 2. The molecule has 2 amide bonds. The first-order chi connectivity index (χ1) is 14.8. The summed E-state index contributed by atoms with van der Waals surface area (Å²) in [5.74, 6) is -0.673. The molecule has 0 radical (unpaired) electrons. The molecule has 2 aromatic carbocycles. The molecule has 0 spiro atoms. The molecule has 1 saturated carbocycles. The van der Waals surface area contributed by atoms with Gasteiger partial charge in [-0.3, -0.25) is 14.5 Å². The van der Waals surface area contributed by atoms with Gasteiger partial charge in [-0.25, -0.2) is 13.1 Å². The maximum Gasteiger partial charge on any atom is 0.241 e. The number of halogens is 1. The molecule has 2 fully saturated rings. The molecule has 1 saturated heterocycles. The predicted octanol–water partition coefficient (Wildman–Crippen LogP) is 3.80. The minimum absolute atomic E-state index is 0.102. The summed E-state index contributed by atoms with van der Waals surface area (Å²) in [6, 6.07) is 12.0. The van der Waals surface area contributed by atoms with Crippen LogP contribution in [0.2, 0.25) is 5.02 Å². The topological polar surface area (TPSA) is 83.6 Å². The lowest BCUT2D eigenvalue weighted by Crippen LogP contribution is -2.30. The highest BCUT2D eigenvalue weighted by Crippen LogP contribution is 2.38. The van der Waals surface area contributed by atoms with Crippen LogP contribution in [0.1, 0.15) is 42.4 Å². The van der Waals surface area contributed by atoms with Crippen LogP contribution in [-0.4, -0.2) is 25.1 Å². The second-order valence-electron chi connectivity index (χ2n) is 8.31. The summed E-state index contributed by atoms with van der Waals surface area (Å²) in [6.07, 6.45) is 3.46. The highest BCUT2D eigenvalue weighted by Gasteiger charge is 2.47. The number of imide groups is 1. The first-order valence-electron chi connectivity index (χ1n) is 10.4. The Morgan fingerprint density at radius 1 is 0.968 bits per heavy atom. The fourth-order valence-corrected chi connectivity index (χ4v) is 5.90. The third-order valence-electron chi connectivity index (χ3n) is 6.19. The van der Waals surface area contributed by atoms with Gasteiger partial charge in [0.1, 0.15) is 0 Å². The molecule has 0 aromatic heterocycles. The van der Waals surface area contributed by atoms with Crippen LogP contribution < -0.4 is 4.72 Å². The zero-order chi connectivity index (χ0) is 22.2. The van der Waals surface area contributed by atoms with Crippen molar-refractivity contribution in [1.29, 1.82) is 0 Å². The molecule has 164 valence electrons. The number of carbonyl (C=O) groups excluding carboxylic acids is 2. The van der Waals surface area contributed by atoms with E-state index < -0.39 is 10.0 Å². The van der Waals surface area contributed by atoms with Crippen molar-refractivity contribution in [3.8, 4) is 0 Å². The zero-order valence-electron chi connectivity index (χ0n) is 17.3. The number of nitrogens with zero attached hydrogens (tertiary/aromatic N) is 1. The molecule has 1 N–H and O–H groups in total. The Labute approximate surface area is 187 Å². The third-order valence-corrected chi connectivity index (χ3v) is 7.99. The van der Waals surface area contributed by atoms with Gasteiger partial charge in [-0.05, 0) is 54.7 Å². The van der Waals surface area contributed by atoms with Crippen molar-refractivity contribution in [1.82, 2.24) is 9.62 Å². The summed E-state index contributed by atoms with van der Waals surface area (Å²) in [7, 11) is -3.77. The van der Waals surface area contributed by atoms with Gasteiger partial charge in [0.2, 0.25) is 21.8 Å². The number of amides is 2. The van der Waals surface area contributed by atoms with Crippen LogP contribution >= 0.6 is 11.6 Å².